The van der Waals surface area contributed by atoms with E-state index in [-0.39, 0.29) is 29.9 Å². The minimum Gasteiger partial charge on any atom is -0.480 e. The molecular weight excluding hydrogens is 318 g/mol. The first-order chi connectivity index (χ1) is 11.0. The summed E-state index contributed by atoms with van der Waals surface area (Å²) in [5.74, 6) is -1.08. The quantitative estimate of drug-likeness (QED) is 0.874. The lowest BCUT2D eigenvalue weighted by molar-refractivity contribution is -0.145. The third-order valence-corrected chi connectivity index (χ3v) is 6.70. The third-order valence-electron chi connectivity index (χ3n) is 4.58. The van der Waals surface area contributed by atoms with E-state index >= 15 is 0 Å². The maximum Gasteiger partial charge on any atom is 0.408 e. The number of rotatable bonds is 4. The Morgan fingerprint density at radius 1 is 1.22 bits per heavy atom. The van der Waals surface area contributed by atoms with Crippen molar-refractivity contribution in [1.29, 1.82) is 0 Å². The molecule has 0 saturated carbocycles. The molecule has 124 valence electrons. The second-order valence-corrected chi connectivity index (χ2v) is 8.12. The highest BCUT2D eigenvalue weighted by atomic mass is 32.2. The predicted octanol–water partition coefficient (Wildman–Crippen LogP) is 1.81. The summed E-state index contributed by atoms with van der Waals surface area (Å²) in [5.41, 5.74) is -0.537. The van der Waals surface area contributed by atoms with E-state index in [1.807, 2.05) is 30.3 Å². The summed E-state index contributed by atoms with van der Waals surface area (Å²) in [6.07, 6.45) is 1.17. The number of carbonyl (C=O) groups is 2. The number of hydrogen-bond donors (Lipinski definition) is 2. The summed E-state index contributed by atoms with van der Waals surface area (Å²) in [6.45, 7) is 0.0845. The third kappa shape index (κ3) is 3.24. The molecule has 1 aromatic carbocycles. The highest BCUT2D eigenvalue weighted by Gasteiger charge is 2.53. The number of carbonyl (C=O) groups excluding carboxylic acids is 1. The Morgan fingerprint density at radius 3 is 2.39 bits per heavy atom. The van der Waals surface area contributed by atoms with Crippen LogP contribution in [0.2, 0.25) is 0 Å². The van der Waals surface area contributed by atoms with Gasteiger partial charge in [0, 0.05) is 21.3 Å². The molecule has 7 heteroatoms. The van der Waals surface area contributed by atoms with E-state index in [0.717, 1.165) is 18.4 Å². The Morgan fingerprint density at radius 2 is 1.83 bits per heavy atom. The smallest absolute Gasteiger partial charge is 0.408 e. The van der Waals surface area contributed by atoms with Crippen LogP contribution in [0.5, 0.6) is 0 Å². The standard InChI is InChI=1S/C16H19NO5S/c18-14(19)16(8-12-6-7-13(9-16)23(12)21)17-15(20)22-10-11-4-2-1-3-5-11/h1-5,12-13H,6-10H2,(H,17,20)(H,18,19). The lowest BCUT2D eigenvalue weighted by Crippen LogP contribution is -2.60. The zero-order valence-corrected chi connectivity index (χ0v) is 13.4. The predicted molar refractivity (Wildman–Crippen MR) is 84.3 cm³/mol. The summed E-state index contributed by atoms with van der Waals surface area (Å²) in [7, 11) is -0.985. The maximum absolute atomic E-state index is 12.1. The zero-order chi connectivity index (χ0) is 16.4. The molecule has 2 N–H and O–H groups in total. The van der Waals surface area contributed by atoms with Gasteiger partial charge in [-0.25, -0.2) is 9.59 Å². The van der Waals surface area contributed by atoms with Gasteiger partial charge in [0.1, 0.15) is 12.1 Å². The van der Waals surface area contributed by atoms with Crippen molar-refractivity contribution in [3.8, 4) is 0 Å². The summed E-state index contributed by atoms with van der Waals surface area (Å²) >= 11 is 0. The molecule has 2 aliphatic rings. The molecule has 1 aromatic rings. The summed E-state index contributed by atoms with van der Waals surface area (Å²) < 4.78 is 17.2. The molecule has 2 fully saturated rings. The first kappa shape index (κ1) is 16.0. The average molecular weight is 337 g/mol. The van der Waals surface area contributed by atoms with Gasteiger partial charge in [0.2, 0.25) is 0 Å². The second kappa shape index (κ2) is 6.31. The molecule has 2 heterocycles. The van der Waals surface area contributed by atoms with Crippen LogP contribution in [-0.2, 0) is 26.9 Å². The Labute approximate surface area is 136 Å². The van der Waals surface area contributed by atoms with Gasteiger partial charge in [-0.15, -0.1) is 0 Å². The largest absolute Gasteiger partial charge is 0.480 e. The van der Waals surface area contributed by atoms with Crippen molar-refractivity contribution < 1.29 is 23.6 Å². The molecule has 0 radical (unpaired) electrons. The van der Waals surface area contributed by atoms with E-state index < -0.39 is 28.4 Å². The number of hydrogen-bond acceptors (Lipinski definition) is 4. The van der Waals surface area contributed by atoms with Gasteiger partial charge in [-0.3, -0.25) is 4.21 Å². The van der Waals surface area contributed by atoms with Crippen LogP contribution in [0.25, 0.3) is 0 Å². The summed E-state index contributed by atoms with van der Waals surface area (Å²) in [4.78, 5) is 23.8. The molecule has 0 spiro atoms. The van der Waals surface area contributed by atoms with Gasteiger partial charge < -0.3 is 15.2 Å². The van der Waals surface area contributed by atoms with Crippen molar-refractivity contribution in [2.24, 2.45) is 0 Å². The molecule has 2 aliphatic heterocycles. The number of alkyl carbamates (subject to hydrolysis) is 1. The van der Waals surface area contributed by atoms with Crippen molar-refractivity contribution in [3.05, 3.63) is 35.9 Å². The first-order valence-electron chi connectivity index (χ1n) is 7.62. The van der Waals surface area contributed by atoms with Crippen LogP contribution < -0.4 is 5.32 Å². The fourth-order valence-corrected chi connectivity index (χ4v) is 5.57. The monoisotopic (exact) mass is 337 g/mol. The van der Waals surface area contributed by atoms with E-state index in [2.05, 4.69) is 5.32 Å². The molecule has 0 aromatic heterocycles. The molecule has 0 aliphatic carbocycles. The number of fused-ring (bicyclic) bond motifs is 2. The van der Waals surface area contributed by atoms with Gasteiger partial charge in [0.15, 0.2) is 0 Å². The molecule has 2 unspecified atom stereocenters. The molecular formula is C16H19NO5S. The number of nitrogens with one attached hydrogen (secondary N) is 1. The fraction of sp³-hybridized carbons (Fsp3) is 0.500. The van der Waals surface area contributed by atoms with Gasteiger partial charge in [-0.1, -0.05) is 30.3 Å². The van der Waals surface area contributed by atoms with Crippen molar-refractivity contribution >= 4 is 22.9 Å². The number of carboxylic acids is 1. The Balaban J connectivity index is 1.65. The van der Waals surface area contributed by atoms with E-state index in [1.54, 1.807) is 0 Å². The lowest BCUT2D eigenvalue weighted by Gasteiger charge is -2.36. The second-order valence-electron chi connectivity index (χ2n) is 6.13. The van der Waals surface area contributed by atoms with E-state index in [0.29, 0.717) is 0 Å². The van der Waals surface area contributed by atoms with Crippen LogP contribution in [0.3, 0.4) is 0 Å². The normalized spacial score (nSPS) is 32.3. The van der Waals surface area contributed by atoms with Crippen LogP contribution >= 0.6 is 0 Å². The maximum atomic E-state index is 12.1. The highest BCUT2D eigenvalue weighted by molar-refractivity contribution is 7.86. The van der Waals surface area contributed by atoms with Crippen LogP contribution in [0, 0.1) is 0 Å². The minimum atomic E-state index is -1.37. The van der Waals surface area contributed by atoms with Crippen LogP contribution in [0.1, 0.15) is 31.2 Å². The number of amides is 1. The molecule has 23 heavy (non-hydrogen) atoms. The molecule has 6 nitrogen and oxygen atoms in total. The van der Waals surface area contributed by atoms with Gasteiger partial charge in [-0.2, -0.15) is 0 Å². The molecule has 2 atom stereocenters. The van der Waals surface area contributed by atoms with Crippen molar-refractivity contribution in [2.75, 3.05) is 0 Å². The topological polar surface area (TPSA) is 92.7 Å². The molecule has 3 rings (SSSR count). The van der Waals surface area contributed by atoms with Crippen LogP contribution in [0.15, 0.2) is 30.3 Å². The average Bonchev–Trinajstić information content (AvgIpc) is 2.75. The van der Waals surface area contributed by atoms with E-state index in [4.69, 9.17) is 4.74 Å². The molecule has 2 bridgehead atoms. The Kier molecular flexibility index (Phi) is 4.39. The minimum absolute atomic E-state index is 0.0845. The SMILES string of the molecule is O=C(NC1(C(=O)O)CC2CCC(C1)S2=O)OCc1ccccc1. The van der Waals surface area contributed by atoms with E-state index in [1.165, 1.54) is 0 Å². The lowest BCUT2D eigenvalue weighted by atomic mass is 9.89. The molecule has 2 saturated heterocycles. The first-order valence-corrected chi connectivity index (χ1v) is 8.89. The summed E-state index contributed by atoms with van der Waals surface area (Å²) in [6, 6.07) is 9.18. The Hall–Kier alpha value is -1.89. The number of ether oxygens (including phenoxy) is 1. The molecule has 1 amide bonds. The van der Waals surface area contributed by atoms with E-state index in [9.17, 15) is 18.9 Å². The Bertz CT molecular complexity index is 617. The van der Waals surface area contributed by atoms with Gasteiger partial charge >= 0.3 is 12.1 Å². The van der Waals surface area contributed by atoms with Crippen molar-refractivity contribution in [1.82, 2.24) is 5.32 Å². The van der Waals surface area contributed by atoms with Crippen molar-refractivity contribution in [3.63, 3.8) is 0 Å². The number of carboxylic acid groups (broad SMARTS) is 1. The van der Waals surface area contributed by atoms with Gasteiger partial charge in [-0.05, 0) is 31.2 Å². The zero-order valence-electron chi connectivity index (χ0n) is 12.6. The summed E-state index contributed by atoms with van der Waals surface area (Å²) in [5, 5.41) is 11.8. The highest BCUT2D eigenvalue weighted by Crippen LogP contribution is 2.41. The van der Waals surface area contributed by atoms with Gasteiger partial charge in [0.05, 0.1) is 0 Å². The number of aliphatic carboxylic acids is 1. The van der Waals surface area contributed by atoms with Crippen LogP contribution in [0.4, 0.5) is 4.79 Å². The van der Waals surface area contributed by atoms with Gasteiger partial charge in [0.25, 0.3) is 0 Å². The van der Waals surface area contributed by atoms with Crippen molar-refractivity contribution in [2.45, 2.75) is 48.3 Å². The number of benzene rings is 1. The fourth-order valence-electron chi connectivity index (χ4n) is 3.39. The van der Waals surface area contributed by atoms with Crippen LogP contribution in [-0.4, -0.2) is 37.4 Å².